The second-order valence-electron chi connectivity index (χ2n) is 3.52. The first-order valence-corrected chi connectivity index (χ1v) is 6.16. The van der Waals surface area contributed by atoms with Gasteiger partial charge in [0.1, 0.15) is 0 Å². The highest BCUT2D eigenvalue weighted by molar-refractivity contribution is 7.89. The minimum Gasteiger partial charge on any atom is -0.320 e. The minimum absolute atomic E-state index is 0.662. The fourth-order valence-corrected chi connectivity index (χ4v) is 1.40. The lowest BCUT2D eigenvalue weighted by atomic mass is 10.0. The molecule has 0 spiro atoms. The van der Waals surface area contributed by atoms with Crippen molar-refractivity contribution in [3.63, 3.8) is 0 Å². The fourth-order valence-electron chi connectivity index (χ4n) is 0.880. The Labute approximate surface area is 91.2 Å². The number of sulfonamides is 1. The lowest BCUT2D eigenvalue weighted by Gasteiger charge is -2.18. The Bertz CT molecular complexity index is 352. The van der Waals surface area contributed by atoms with Crippen molar-refractivity contribution in [1.29, 1.82) is 0 Å². The second kappa shape index (κ2) is 5.00. The Kier molecular flexibility index (Phi) is 4.74. The molecule has 0 heterocycles. The molecule has 5 nitrogen and oxygen atoms in total. The van der Waals surface area contributed by atoms with Crippen LogP contribution in [0.1, 0.15) is 13.3 Å². The smallest absolute Gasteiger partial charge is 0.320 e. The average molecular weight is 262 g/mol. The molecule has 0 fully saturated rings. The van der Waals surface area contributed by atoms with Gasteiger partial charge in [-0.3, -0.25) is 9.52 Å². The molecule has 0 saturated carbocycles. The quantitative estimate of drug-likeness (QED) is 0.745. The number of nitrogens with two attached hydrogens (primary N) is 1. The van der Waals surface area contributed by atoms with E-state index in [1.54, 1.807) is 0 Å². The van der Waals surface area contributed by atoms with Crippen LogP contribution in [0.2, 0.25) is 0 Å². The SMILES string of the molecule is CC(C[C@H](N)C(=O)NS(C)(=O)=O)C(F)(F)F. The van der Waals surface area contributed by atoms with E-state index in [2.05, 4.69) is 0 Å². The van der Waals surface area contributed by atoms with E-state index in [0.717, 1.165) is 6.92 Å². The maximum Gasteiger partial charge on any atom is 0.391 e. The van der Waals surface area contributed by atoms with E-state index in [-0.39, 0.29) is 0 Å². The van der Waals surface area contributed by atoms with E-state index < -0.39 is 40.5 Å². The maximum atomic E-state index is 12.1. The molecule has 0 rings (SSSR count). The summed E-state index contributed by atoms with van der Waals surface area (Å²) in [7, 11) is -3.80. The Balaban J connectivity index is 4.38. The zero-order chi connectivity index (χ0) is 13.1. The predicted octanol–water partition coefficient (Wildman–Crippen LogP) is -0.0220. The van der Waals surface area contributed by atoms with E-state index in [9.17, 15) is 26.4 Å². The number of rotatable bonds is 4. The first-order valence-electron chi connectivity index (χ1n) is 4.27. The molecule has 2 atom stereocenters. The summed E-state index contributed by atoms with van der Waals surface area (Å²) in [5.41, 5.74) is 5.15. The van der Waals surface area contributed by atoms with Crippen molar-refractivity contribution < 1.29 is 26.4 Å². The summed E-state index contributed by atoms with van der Waals surface area (Å²) < 4.78 is 59.1. The molecule has 0 aliphatic carbocycles. The number of hydrogen-bond donors (Lipinski definition) is 2. The molecule has 0 aromatic heterocycles. The molecule has 0 saturated heterocycles. The van der Waals surface area contributed by atoms with Crippen molar-refractivity contribution in [3.05, 3.63) is 0 Å². The van der Waals surface area contributed by atoms with Crippen LogP contribution in [0.25, 0.3) is 0 Å². The van der Waals surface area contributed by atoms with Gasteiger partial charge in [-0.25, -0.2) is 8.42 Å². The van der Waals surface area contributed by atoms with Gasteiger partial charge in [0.05, 0.1) is 18.2 Å². The van der Waals surface area contributed by atoms with Gasteiger partial charge in [-0.15, -0.1) is 0 Å². The van der Waals surface area contributed by atoms with Crippen LogP contribution < -0.4 is 10.5 Å². The van der Waals surface area contributed by atoms with Crippen molar-refractivity contribution in [1.82, 2.24) is 4.72 Å². The predicted molar refractivity (Wildman–Crippen MR) is 50.8 cm³/mol. The monoisotopic (exact) mass is 262 g/mol. The van der Waals surface area contributed by atoms with Gasteiger partial charge in [-0.05, 0) is 6.42 Å². The van der Waals surface area contributed by atoms with Crippen molar-refractivity contribution in [2.24, 2.45) is 11.7 Å². The summed E-state index contributed by atoms with van der Waals surface area (Å²) in [5.74, 6) is -2.91. The van der Waals surface area contributed by atoms with Gasteiger partial charge in [0.2, 0.25) is 15.9 Å². The first-order chi connectivity index (χ1) is 6.93. The summed E-state index contributed by atoms with van der Waals surface area (Å²) in [6.45, 7) is 0.869. The van der Waals surface area contributed by atoms with Gasteiger partial charge in [0.15, 0.2) is 0 Å². The number of carbonyl (C=O) groups excluding carboxylic acids is 1. The molecule has 0 aromatic carbocycles. The Morgan fingerprint density at radius 2 is 1.88 bits per heavy atom. The molecular formula is C7H13F3N2O3S. The molecule has 1 unspecified atom stereocenters. The summed E-state index contributed by atoms with van der Waals surface area (Å²) in [4.78, 5) is 11.0. The van der Waals surface area contributed by atoms with E-state index >= 15 is 0 Å². The minimum atomic E-state index is -4.46. The normalized spacial score (nSPS) is 16.6. The molecule has 0 radical (unpaired) electrons. The first kappa shape index (κ1) is 15.2. The van der Waals surface area contributed by atoms with Crippen LogP contribution >= 0.6 is 0 Å². The van der Waals surface area contributed by atoms with E-state index in [1.807, 2.05) is 0 Å². The third kappa shape index (κ3) is 5.91. The molecule has 16 heavy (non-hydrogen) atoms. The summed E-state index contributed by atoms with van der Waals surface area (Å²) >= 11 is 0. The molecule has 96 valence electrons. The molecule has 0 aromatic rings. The van der Waals surface area contributed by atoms with E-state index in [4.69, 9.17) is 5.73 Å². The average Bonchev–Trinajstić information content (AvgIpc) is 1.98. The van der Waals surface area contributed by atoms with Crippen molar-refractivity contribution >= 4 is 15.9 Å². The maximum absolute atomic E-state index is 12.1. The topological polar surface area (TPSA) is 89.3 Å². The summed E-state index contributed by atoms with van der Waals surface area (Å²) in [6.07, 6.45) is -4.40. The van der Waals surface area contributed by atoms with Gasteiger partial charge in [0, 0.05) is 0 Å². The number of halogens is 3. The van der Waals surface area contributed by atoms with E-state index in [1.165, 1.54) is 4.72 Å². The molecule has 1 amide bonds. The molecular weight excluding hydrogens is 249 g/mol. The van der Waals surface area contributed by atoms with Crippen LogP contribution in [-0.2, 0) is 14.8 Å². The Morgan fingerprint density at radius 3 is 2.19 bits per heavy atom. The van der Waals surface area contributed by atoms with Gasteiger partial charge in [-0.1, -0.05) is 6.92 Å². The standard InChI is InChI=1S/C7H13F3N2O3S/c1-4(7(8,9)10)3-5(11)6(13)12-16(2,14)15/h4-5H,3,11H2,1-2H3,(H,12,13)/t4?,5-/m0/s1. The van der Waals surface area contributed by atoms with Crippen molar-refractivity contribution in [2.45, 2.75) is 25.6 Å². The molecule has 9 heteroatoms. The second-order valence-corrected chi connectivity index (χ2v) is 5.27. The third-order valence-electron chi connectivity index (χ3n) is 1.79. The van der Waals surface area contributed by atoms with Crippen LogP contribution in [0.4, 0.5) is 13.2 Å². The summed E-state index contributed by atoms with van der Waals surface area (Å²) in [6, 6.07) is -1.51. The van der Waals surface area contributed by atoms with Gasteiger partial charge < -0.3 is 5.73 Å². The molecule has 0 aliphatic heterocycles. The Morgan fingerprint density at radius 1 is 1.44 bits per heavy atom. The molecule has 0 bridgehead atoms. The lowest BCUT2D eigenvalue weighted by molar-refractivity contribution is -0.172. The highest BCUT2D eigenvalue weighted by Crippen LogP contribution is 2.28. The molecule has 3 N–H and O–H groups in total. The Hall–Kier alpha value is -0.830. The number of hydrogen-bond acceptors (Lipinski definition) is 4. The van der Waals surface area contributed by atoms with Crippen LogP contribution in [0.5, 0.6) is 0 Å². The number of carbonyl (C=O) groups is 1. The zero-order valence-corrected chi connectivity index (χ0v) is 9.52. The lowest BCUT2D eigenvalue weighted by Crippen LogP contribution is -2.44. The number of alkyl halides is 3. The highest BCUT2D eigenvalue weighted by Gasteiger charge is 2.38. The van der Waals surface area contributed by atoms with Crippen LogP contribution in [-0.4, -0.2) is 32.8 Å². The highest BCUT2D eigenvalue weighted by atomic mass is 32.2. The largest absolute Gasteiger partial charge is 0.391 e. The number of amides is 1. The van der Waals surface area contributed by atoms with Crippen LogP contribution in [0.3, 0.4) is 0 Å². The molecule has 0 aliphatic rings. The van der Waals surface area contributed by atoms with Gasteiger partial charge in [0.25, 0.3) is 0 Å². The van der Waals surface area contributed by atoms with Crippen molar-refractivity contribution in [2.75, 3.05) is 6.26 Å². The fraction of sp³-hybridized carbons (Fsp3) is 0.857. The van der Waals surface area contributed by atoms with Gasteiger partial charge >= 0.3 is 6.18 Å². The van der Waals surface area contributed by atoms with E-state index in [0.29, 0.717) is 6.26 Å². The number of nitrogens with one attached hydrogen (secondary N) is 1. The zero-order valence-electron chi connectivity index (χ0n) is 8.71. The van der Waals surface area contributed by atoms with Gasteiger partial charge in [-0.2, -0.15) is 13.2 Å². The van der Waals surface area contributed by atoms with Crippen LogP contribution in [0.15, 0.2) is 0 Å². The van der Waals surface area contributed by atoms with Crippen molar-refractivity contribution in [3.8, 4) is 0 Å². The third-order valence-corrected chi connectivity index (χ3v) is 2.36. The summed E-state index contributed by atoms with van der Waals surface area (Å²) in [5, 5.41) is 0. The van der Waals surface area contributed by atoms with Crippen LogP contribution in [0, 0.1) is 5.92 Å².